The van der Waals surface area contributed by atoms with Crippen molar-refractivity contribution in [1.82, 2.24) is 0 Å². The van der Waals surface area contributed by atoms with Crippen LogP contribution in [-0.2, 0) is 19.1 Å². The van der Waals surface area contributed by atoms with Crippen molar-refractivity contribution in [2.24, 2.45) is 5.92 Å². The fourth-order valence-corrected chi connectivity index (χ4v) is 2.23. The van der Waals surface area contributed by atoms with Gasteiger partial charge in [-0.15, -0.1) is 6.58 Å². The number of allylic oxidation sites excluding steroid dienone is 5. The van der Waals surface area contributed by atoms with Crippen molar-refractivity contribution >= 4 is 17.5 Å². The minimum atomic E-state index is -1.28. The highest BCUT2D eigenvalue weighted by Crippen LogP contribution is 2.28. The van der Waals surface area contributed by atoms with Crippen molar-refractivity contribution in [3.8, 4) is 0 Å². The second kappa shape index (κ2) is 6.83. The van der Waals surface area contributed by atoms with Gasteiger partial charge in [0.05, 0.1) is 5.60 Å². The van der Waals surface area contributed by atoms with Crippen LogP contribution in [0.3, 0.4) is 0 Å². The molecule has 1 aliphatic rings. The zero-order valence-electron chi connectivity index (χ0n) is 13.4. The van der Waals surface area contributed by atoms with Crippen LogP contribution in [0.2, 0.25) is 0 Å². The Bertz CT molecular complexity index is 560. The Balaban J connectivity index is 3.03. The van der Waals surface area contributed by atoms with Gasteiger partial charge in [0, 0.05) is 24.0 Å². The fourth-order valence-electron chi connectivity index (χ4n) is 2.23. The van der Waals surface area contributed by atoms with Crippen LogP contribution in [0.1, 0.15) is 34.1 Å². The summed E-state index contributed by atoms with van der Waals surface area (Å²) >= 11 is 0. The van der Waals surface area contributed by atoms with Crippen molar-refractivity contribution in [2.45, 2.75) is 45.8 Å². The smallest absolute Gasteiger partial charge is 0.303 e. The average molecular weight is 306 g/mol. The van der Waals surface area contributed by atoms with E-state index in [1.54, 1.807) is 6.92 Å². The van der Waals surface area contributed by atoms with E-state index in [2.05, 4.69) is 6.58 Å². The monoisotopic (exact) mass is 306 g/mol. The molecule has 1 rings (SSSR count). The number of aliphatic hydroxyl groups is 1. The molecule has 0 aromatic carbocycles. The summed E-state index contributed by atoms with van der Waals surface area (Å²) in [6.07, 6.45) is 3.46. The van der Waals surface area contributed by atoms with Crippen LogP contribution in [-0.4, -0.2) is 34.3 Å². The van der Waals surface area contributed by atoms with Gasteiger partial charge in [-0.2, -0.15) is 0 Å². The predicted octanol–water partition coefficient (Wildman–Crippen LogP) is 1.91. The molecule has 0 aromatic heterocycles. The first-order valence-electron chi connectivity index (χ1n) is 7.07. The molecule has 0 heterocycles. The van der Waals surface area contributed by atoms with Crippen LogP contribution in [0.25, 0.3) is 0 Å². The van der Waals surface area contributed by atoms with Crippen molar-refractivity contribution < 1.29 is 24.2 Å². The summed E-state index contributed by atoms with van der Waals surface area (Å²) in [5.74, 6) is -1.50. The molecule has 0 aromatic rings. The third-order valence-electron chi connectivity index (χ3n) is 3.56. The summed E-state index contributed by atoms with van der Waals surface area (Å²) in [6, 6.07) is 0. The molecular weight excluding hydrogens is 284 g/mol. The molecule has 1 N–H and O–H groups in total. The molecule has 1 aliphatic carbocycles. The first-order chi connectivity index (χ1) is 10.1. The maximum absolute atomic E-state index is 12.1. The number of ether oxygens (including phenoxy) is 1. The molecule has 0 saturated heterocycles. The van der Waals surface area contributed by atoms with E-state index in [9.17, 15) is 19.5 Å². The Morgan fingerprint density at radius 3 is 2.41 bits per heavy atom. The van der Waals surface area contributed by atoms with Crippen LogP contribution in [0.15, 0.2) is 36.0 Å². The molecule has 22 heavy (non-hydrogen) atoms. The number of esters is 1. The molecule has 5 nitrogen and oxygen atoms in total. The van der Waals surface area contributed by atoms with Gasteiger partial charge in [-0.05, 0) is 39.3 Å². The number of hydrogen-bond donors (Lipinski definition) is 1. The summed E-state index contributed by atoms with van der Waals surface area (Å²) in [7, 11) is 0. The van der Waals surface area contributed by atoms with Crippen LogP contribution >= 0.6 is 0 Å². The number of ketones is 2. The normalized spacial score (nSPS) is 18.2. The minimum Gasteiger partial charge on any atom is -0.459 e. The molecule has 0 aliphatic heterocycles. The highest BCUT2D eigenvalue weighted by Gasteiger charge is 2.34. The van der Waals surface area contributed by atoms with Crippen molar-refractivity contribution in [2.75, 3.05) is 0 Å². The number of hydrogen-bond acceptors (Lipinski definition) is 5. The summed E-state index contributed by atoms with van der Waals surface area (Å²) in [4.78, 5) is 35.1. The Kier molecular flexibility index (Phi) is 5.60. The SMILES string of the molecule is C=C[C@@H](C[C@H](OC(C)=O)C(C)(C)O)C1=CC(=O)C(C)=CC1=O. The van der Waals surface area contributed by atoms with E-state index in [4.69, 9.17) is 4.74 Å². The van der Waals surface area contributed by atoms with E-state index in [-0.39, 0.29) is 18.0 Å². The maximum Gasteiger partial charge on any atom is 0.303 e. The highest BCUT2D eigenvalue weighted by molar-refractivity contribution is 6.20. The Hall–Kier alpha value is -2.01. The third-order valence-corrected chi connectivity index (χ3v) is 3.56. The molecule has 0 spiro atoms. The lowest BCUT2D eigenvalue weighted by Crippen LogP contribution is -2.41. The maximum atomic E-state index is 12.1. The van der Waals surface area contributed by atoms with Crippen LogP contribution in [0.5, 0.6) is 0 Å². The molecule has 0 fully saturated rings. The quantitative estimate of drug-likeness (QED) is 0.460. The van der Waals surface area contributed by atoms with Crippen LogP contribution in [0, 0.1) is 5.92 Å². The van der Waals surface area contributed by atoms with Gasteiger partial charge in [-0.25, -0.2) is 0 Å². The van der Waals surface area contributed by atoms with E-state index in [0.717, 1.165) is 0 Å². The van der Waals surface area contributed by atoms with E-state index >= 15 is 0 Å². The van der Waals surface area contributed by atoms with Gasteiger partial charge >= 0.3 is 5.97 Å². The van der Waals surface area contributed by atoms with E-state index < -0.39 is 23.6 Å². The lowest BCUT2D eigenvalue weighted by Gasteiger charge is -2.31. The van der Waals surface area contributed by atoms with Crippen LogP contribution < -0.4 is 0 Å². The topological polar surface area (TPSA) is 80.7 Å². The van der Waals surface area contributed by atoms with E-state index in [1.165, 1.54) is 39.0 Å². The molecule has 0 radical (unpaired) electrons. The van der Waals surface area contributed by atoms with E-state index in [0.29, 0.717) is 11.1 Å². The Morgan fingerprint density at radius 1 is 1.36 bits per heavy atom. The van der Waals surface area contributed by atoms with Crippen molar-refractivity contribution in [1.29, 1.82) is 0 Å². The number of rotatable bonds is 6. The number of carbonyl (C=O) groups excluding carboxylic acids is 3. The first-order valence-corrected chi connectivity index (χ1v) is 7.07. The lowest BCUT2D eigenvalue weighted by atomic mass is 9.82. The zero-order valence-corrected chi connectivity index (χ0v) is 13.4. The van der Waals surface area contributed by atoms with Gasteiger partial charge in [-0.1, -0.05) is 6.08 Å². The second-order valence-electron chi connectivity index (χ2n) is 5.99. The van der Waals surface area contributed by atoms with Gasteiger partial charge < -0.3 is 9.84 Å². The summed E-state index contributed by atoms with van der Waals surface area (Å²) in [6.45, 7) is 9.55. The first kappa shape index (κ1) is 18.0. The number of carbonyl (C=O) groups is 3. The second-order valence-corrected chi connectivity index (χ2v) is 5.99. The predicted molar refractivity (Wildman–Crippen MR) is 82.0 cm³/mol. The highest BCUT2D eigenvalue weighted by atomic mass is 16.6. The molecule has 0 amide bonds. The molecule has 0 saturated carbocycles. The van der Waals surface area contributed by atoms with Crippen molar-refractivity contribution in [3.63, 3.8) is 0 Å². The Morgan fingerprint density at radius 2 is 1.95 bits per heavy atom. The molecule has 2 atom stereocenters. The van der Waals surface area contributed by atoms with Crippen LogP contribution in [0.4, 0.5) is 0 Å². The fraction of sp³-hybridized carbons (Fsp3) is 0.471. The third kappa shape index (κ3) is 4.49. The van der Waals surface area contributed by atoms with E-state index in [1.807, 2.05) is 0 Å². The van der Waals surface area contributed by atoms with Gasteiger partial charge in [-0.3, -0.25) is 14.4 Å². The van der Waals surface area contributed by atoms with Gasteiger partial charge in [0.2, 0.25) is 0 Å². The lowest BCUT2D eigenvalue weighted by molar-refractivity contribution is -0.160. The van der Waals surface area contributed by atoms with Gasteiger partial charge in [0.1, 0.15) is 6.10 Å². The molecule has 0 unspecified atom stereocenters. The Labute approximate surface area is 130 Å². The molecule has 5 heteroatoms. The molecule has 0 bridgehead atoms. The van der Waals surface area contributed by atoms with Crippen molar-refractivity contribution in [3.05, 3.63) is 36.0 Å². The zero-order chi connectivity index (χ0) is 17.1. The van der Waals surface area contributed by atoms with Gasteiger partial charge in [0.15, 0.2) is 11.6 Å². The molecular formula is C17H22O5. The summed E-state index contributed by atoms with van der Waals surface area (Å²) in [5, 5.41) is 10.1. The summed E-state index contributed by atoms with van der Waals surface area (Å²) in [5.41, 5.74) is -0.594. The summed E-state index contributed by atoms with van der Waals surface area (Å²) < 4.78 is 5.15. The minimum absolute atomic E-state index is 0.171. The molecule has 120 valence electrons. The standard InChI is InChI=1S/C17H22O5/c1-6-12(8-16(17(4,5)21)22-11(3)18)13-9-14(19)10(2)7-15(13)20/h6-7,9,12,16,21H,1,8H2,2-5H3/t12-,16-/m0/s1. The largest absolute Gasteiger partial charge is 0.459 e. The van der Waals surface area contributed by atoms with Gasteiger partial charge in [0.25, 0.3) is 0 Å². The average Bonchev–Trinajstić information content (AvgIpc) is 2.37.